The van der Waals surface area contributed by atoms with Crippen molar-refractivity contribution < 1.29 is 14.7 Å². The van der Waals surface area contributed by atoms with Gasteiger partial charge in [-0.05, 0) is 25.7 Å². The van der Waals surface area contributed by atoms with Crippen LogP contribution in [0.3, 0.4) is 0 Å². The molecule has 0 saturated heterocycles. The number of amides is 1. The molecule has 0 aromatic rings. The summed E-state index contributed by atoms with van der Waals surface area (Å²) in [6, 6.07) is 0.132. The quantitative estimate of drug-likeness (QED) is 0.722. The standard InChI is InChI=1S/C11H19NO3/c1-6(2)4-7(3)12-10(13)8-5-9(8)11(14)15/h6-9H,4-5H2,1-3H3,(H,12,13)(H,14,15)/t7?,8-,9+/m1/s1. The zero-order valence-electron chi connectivity index (χ0n) is 9.49. The summed E-state index contributed by atoms with van der Waals surface area (Å²) < 4.78 is 0. The Morgan fingerprint density at radius 3 is 2.33 bits per heavy atom. The summed E-state index contributed by atoms with van der Waals surface area (Å²) >= 11 is 0. The third-order valence-corrected chi connectivity index (χ3v) is 2.66. The van der Waals surface area contributed by atoms with Crippen molar-refractivity contribution in [3.05, 3.63) is 0 Å². The van der Waals surface area contributed by atoms with Crippen LogP contribution in [0.4, 0.5) is 0 Å². The summed E-state index contributed by atoms with van der Waals surface area (Å²) in [6.45, 7) is 6.15. The molecule has 0 heterocycles. The molecule has 1 fully saturated rings. The first kappa shape index (κ1) is 12.0. The Morgan fingerprint density at radius 2 is 1.93 bits per heavy atom. The van der Waals surface area contributed by atoms with E-state index in [1.165, 1.54) is 0 Å². The Labute approximate surface area is 90.0 Å². The van der Waals surface area contributed by atoms with E-state index in [9.17, 15) is 9.59 Å². The molecule has 4 heteroatoms. The van der Waals surface area contributed by atoms with Crippen LogP contribution in [-0.4, -0.2) is 23.0 Å². The van der Waals surface area contributed by atoms with E-state index in [2.05, 4.69) is 19.2 Å². The molecule has 1 amide bonds. The number of hydrogen-bond acceptors (Lipinski definition) is 2. The van der Waals surface area contributed by atoms with Crippen molar-refractivity contribution >= 4 is 11.9 Å². The lowest BCUT2D eigenvalue weighted by Crippen LogP contribution is -2.35. The fraction of sp³-hybridized carbons (Fsp3) is 0.818. The van der Waals surface area contributed by atoms with Gasteiger partial charge in [0.05, 0.1) is 11.8 Å². The molecule has 0 aliphatic heterocycles. The van der Waals surface area contributed by atoms with Gasteiger partial charge in [0.2, 0.25) is 5.91 Å². The van der Waals surface area contributed by atoms with Gasteiger partial charge in [-0.15, -0.1) is 0 Å². The van der Waals surface area contributed by atoms with Crippen molar-refractivity contribution in [3.8, 4) is 0 Å². The minimum absolute atomic E-state index is 0.101. The van der Waals surface area contributed by atoms with Crippen LogP contribution in [0.2, 0.25) is 0 Å². The lowest BCUT2D eigenvalue weighted by Gasteiger charge is -2.15. The fourth-order valence-corrected chi connectivity index (χ4v) is 1.87. The first-order valence-electron chi connectivity index (χ1n) is 5.45. The Kier molecular flexibility index (Phi) is 3.72. The highest BCUT2D eigenvalue weighted by Gasteiger charge is 2.48. The van der Waals surface area contributed by atoms with Crippen molar-refractivity contribution in [1.82, 2.24) is 5.32 Å². The second kappa shape index (κ2) is 4.64. The van der Waals surface area contributed by atoms with Gasteiger partial charge < -0.3 is 10.4 Å². The molecular formula is C11H19NO3. The van der Waals surface area contributed by atoms with Crippen molar-refractivity contribution in [3.63, 3.8) is 0 Å². The van der Waals surface area contributed by atoms with Crippen molar-refractivity contribution in [2.24, 2.45) is 17.8 Å². The number of hydrogen-bond donors (Lipinski definition) is 2. The van der Waals surface area contributed by atoms with Crippen LogP contribution in [0.25, 0.3) is 0 Å². The summed E-state index contributed by atoms with van der Waals surface area (Å²) in [5.41, 5.74) is 0. The van der Waals surface area contributed by atoms with E-state index in [-0.39, 0.29) is 17.9 Å². The third-order valence-electron chi connectivity index (χ3n) is 2.66. The van der Waals surface area contributed by atoms with Crippen molar-refractivity contribution in [1.29, 1.82) is 0 Å². The number of nitrogens with one attached hydrogen (secondary N) is 1. The molecule has 86 valence electrons. The molecule has 0 aromatic heterocycles. The molecule has 0 bridgehead atoms. The number of carboxylic acids is 1. The van der Waals surface area contributed by atoms with Crippen LogP contribution >= 0.6 is 0 Å². The molecule has 0 aromatic carbocycles. The number of carboxylic acid groups (broad SMARTS) is 1. The van der Waals surface area contributed by atoms with E-state index >= 15 is 0 Å². The predicted molar refractivity (Wildman–Crippen MR) is 56.3 cm³/mol. The molecular weight excluding hydrogens is 194 g/mol. The SMILES string of the molecule is CC(C)CC(C)NC(=O)[C@@H]1C[C@@H]1C(=O)O. The topological polar surface area (TPSA) is 66.4 Å². The highest BCUT2D eigenvalue weighted by molar-refractivity contribution is 5.89. The normalized spacial score (nSPS) is 26.1. The van der Waals surface area contributed by atoms with Crippen LogP contribution in [0.5, 0.6) is 0 Å². The number of aliphatic carboxylic acids is 1. The lowest BCUT2D eigenvalue weighted by atomic mass is 10.1. The van der Waals surface area contributed by atoms with E-state index in [0.29, 0.717) is 12.3 Å². The van der Waals surface area contributed by atoms with Gasteiger partial charge in [0.1, 0.15) is 0 Å². The summed E-state index contributed by atoms with van der Waals surface area (Å²) in [5, 5.41) is 11.5. The number of carbonyl (C=O) groups is 2. The molecule has 1 saturated carbocycles. The molecule has 3 atom stereocenters. The lowest BCUT2D eigenvalue weighted by molar-refractivity contribution is -0.140. The molecule has 1 aliphatic carbocycles. The minimum atomic E-state index is -0.855. The predicted octanol–water partition coefficient (Wildman–Crippen LogP) is 1.26. The largest absolute Gasteiger partial charge is 0.481 e. The Bertz CT molecular complexity index is 263. The summed E-state index contributed by atoms with van der Waals surface area (Å²) in [4.78, 5) is 22.1. The molecule has 0 radical (unpaired) electrons. The average molecular weight is 213 g/mol. The molecule has 1 aliphatic rings. The zero-order chi connectivity index (χ0) is 11.6. The van der Waals surface area contributed by atoms with Crippen LogP contribution in [0.1, 0.15) is 33.6 Å². The number of carbonyl (C=O) groups excluding carboxylic acids is 1. The highest BCUT2D eigenvalue weighted by atomic mass is 16.4. The molecule has 2 N–H and O–H groups in total. The van der Waals surface area contributed by atoms with Crippen LogP contribution < -0.4 is 5.32 Å². The van der Waals surface area contributed by atoms with Gasteiger partial charge in [-0.25, -0.2) is 0 Å². The molecule has 1 unspecified atom stereocenters. The van der Waals surface area contributed by atoms with E-state index in [0.717, 1.165) is 6.42 Å². The Hall–Kier alpha value is -1.06. The van der Waals surface area contributed by atoms with Gasteiger partial charge in [0, 0.05) is 6.04 Å². The summed E-state index contributed by atoms with van der Waals surface area (Å²) in [6.07, 6.45) is 1.42. The molecule has 0 spiro atoms. The molecule has 1 rings (SSSR count). The van der Waals surface area contributed by atoms with Gasteiger partial charge in [-0.3, -0.25) is 9.59 Å². The molecule has 15 heavy (non-hydrogen) atoms. The van der Waals surface area contributed by atoms with E-state index in [4.69, 9.17) is 5.11 Å². The maximum Gasteiger partial charge on any atom is 0.307 e. The van der Waals surface area contributed by atoms with Gasteiger partial charge in [0.25, 0.3) is 0 Å². The Balaban J connectivity index is 2.28. The van der Waals surface area contributed by atoms with E-state index < -0.39 is 11.9 Å². The summed E-state index contributed by atoms with van der Waals surface area (Å²) in [5.74, 6) is -1.16. The average Bonchev–Trinajstić information content (AvgIpc) is 2.79. The second-order valence-electron chi connectivity index (χ2n) is 4.83. The number of rotatable bonds is 5. The monoisotopic (exact) mass is 213 g/mol. The van der Waals surface area contributed by atoms with Crippen molar-refractivity contribution in [2.75, 3.05) is 0 Å². The Morgan fingerprint density at radius 1 is 1.33 bits per heavy atom. The van der Waals surface area contributed by atoms with Gasteiger partial charge >= 0.3 is 5.97 Å². The molecule has 4 nitrogen and oxygen atoms in total. The third kappa shape index (κ3) is 3.53. The van der Waals surface area contributed by atoms with E-state index in [1.807, 2.05) is 6.92 Å². The van der Waals surface area contributed by atoms with Crippen LogP contribution in [0.15, 0.2) is 0 Å². The zero-order valence-corrected chi connectivity index (χ0v) is 9.49. The first-order valence-corrected chi connectivity index (χ1v) is 5.45. The fourth-order valence-electron chi connectivity index (χ4n) is 1.87. The van der Waals surface area contributed by atoms with Crippen LogP contribution in [0, 0.1) is 17.8 Å². The van der Waals surface area contributed by atoms with E-state index in [1.54, 1.807) is 0 Å². The van der Waals surface area contributed by atoms with Gasteiger partial charge in [0.15, 0.2) is 0 Å². The van der Waals surface area contributed by atoms with Crippen LogP contribution in [-0.2, 0) is 9.59 Å². The van der Waals surface area contributed by atoms with Crippen molar-refractivity contribution in [2.45, 2.75) is 39.7 Å². The smallest absolute Gasteiger partial charge is 0.307 e. The van der Waals surface area contributed by atoms with Gasteiger partial charge in [-0.1, -0.05) is 13.8 Å². The van der Waals surface area contributed by atoms with Gasteiger partial charge in [-0.2, -0.15) is 0 Å². The first-order chi connectivity index (χ1) is 6.91. The summed E-state index contributed by atoms with van der Waals surface area (Å²) in [7, 11) is 0. The maximum absolute atomic E-state index is 11.5. The highest BCUT2D eigenvalue weighted by Crippen LogP contribution is 2.38. The second-order valence-corrected chi connectivity index (χ2v) is 4.83. The maximum atomic E-state index is 11.5. The minimum Gasteiger partial charge on any atom is -0.481 e.